The van der Waals surface area contributed by atoms with Crippen molar-refractivity contribution in [3.05, 3.63) is 41.5 Å². The smallest absolute Gasteiger partial charge is 0.0725 e. The summed E-state index contributed by atoms with van der Waals surface area (Å²) in [6, 6.07) is 8.13. The highest BCUT2D eigenvalue weighted by Gasteiger charge is 2.00. The number of aromatic nitrogens is 2. The maximum Gasteiger partial charge on any atom is 0.0725 e. The van der Waals surface area contributed by atoms with Crippen LogP contribution in [-0.2, 0) is 6.54 Å². The minimum absolute atomic E-state index is 0.716. The van der Waals surface area contributed by atoms with Gasteiger partial charge < -0.3 is 0 Å². The van der Waals surface area contributed by atoms with E-state index < -0.39 is 0 Å². The van der Waals surface area contributed by atoms with Crippen LogP contribution in [0.15, 0.2) is 41.5 Å². The van der Waals surface area contributed by atoms with Crippen LogP contribution >= 0.6 is 15.9 Å². The number of allylic oxidation sites excluding steroid dienone is 1. The van der Waals surface area contributed by atoms with Crippen LogP contribution in [0.2, 0.25) is 0 Å². The highest BCUT2D eigenvalue weighted by Crippen LogP contribution is 2.14. The summed E-state index contributed by atoms with van der Waals surface area (Å²) in [4.78, 5) is 0. The van der Waals surface area contributed by atoms with Gasteiger partial charge in [-0.1, -0.05) is 40.7 Å². The SMILES string of the molecule is C=C(Br)Cn1ncc2ccccc21. The highest BCUT2D eigenvalue weighted by molar-refractivity contribution is 9.11. The Hall–Kier alpha value is -1.09. The molecule has 1 aromatic carbocycles. The summed E-state index contributed by atoms with van der Waals surface area (Å²) in [6.45, 7) is 4.51. The van der Waals surface area contributed by atoms with Crippen molar-refractivity contribution in [1.29, 1.82) is 0 Å². The van der Waals surface area contributed by atoms with Crippen LogP contribution in [0.4, 0.5) is 0 Å². The third-order valence-corrected chi connectivity index (χ3v) is 2.12. The van der Waals surface area contributed by atoms with Gasteiger partial charge in [0, 0.05) is 9.87 Å². The molecule has 2 nitrogen and oxygen atoms in total. The summed E-state index contributed by atoms with van der Waals surface area (Å²) in [5.74, 6) is 0. The Bertz CT molecular complexity index is 445. The van der Waals surface area contributed by atoms with Gasteiger partial charge in [-0.2, -0.15) is 5.10 Å². The van der Waals surface area contributed by atoms with Crippen LogP contribution in [0.1, 0.15) is 0 Å². The quantitative estimate of drug-likeness (QED) is 0.785. The molecule has 0 aliphatic rings. The fraction of sp³-hybridized carbons (Fsp3) is 0.100. The topological polar surface area (TPSA) is 17.8 Å². The van der Waals surface area contributed by atoms with Crippen LogP contribution in [0.5, 0.6) is 0 Å². The summed E-state index contributed by atoms with van der Waals surface area (Å²) in [5, 5.41) is 5.42. The molecule has 0 saturated heterocycles. The summed E-state index contributed by atoms with van der Waals surface area (Å²) in [6.07, 6.45) is 1.87. The molecule has 13 heavy (non-hydrogen) atoms. The highest BCUT2D eigenvalue weighted by atomic mass is 79.9. The predicted octanol–water partition coefficient (Wildman–Crippen LogP) is 2.94. The molecule has 0 amide bonds. The van der Waals surface area contributed by atoms with Gasteiger partial charge in [0.2, 0.25) is 0 Å². The Balaban J connectivity index is 2.51. The lowest BCUT2D eigenvalue weighted by Gasteiger charge is -2.00. The second kappa shape index (κ2) is 3.34. The Labute approximate surface area is 85.0 Å². The van der Waals surface area contributed by atoms with Crippen LogP contribution in [0, 0.1) is 0 Å². The monoisotopic (exact) mass is 236 g/mol. The third-order valence-electron chi connectivity index (χ3n) is 1.87. The van der Waals surface area contributed by atoms with E-state index in [1.165, 1.54) is 0 Å². The molecule has 2 aromatic rings. The van der Waals surface area contributed by atoms with Crippen LogP contribution in [-0.4, -0.2) is 9.78 Å². The van der Waals surface area contributed by atoms with Crippen LogP contribution in [0.25, 0.3) is 10.9 Å². The van der Waals surface area contributed by atoms with Crippen molar-refractivity contribution in [2.24, 2.45) is 0 Å². The molecule has 0 radical (unpaired) electrons. The summed E-state index contributed by atoms with van der Waals surface area (Å²) in [5.41, 5.74) is 1.14. The molecule has 0 spiro atoms. The number of nitrogens with zero attached hydrogens (tertiary/aromatic N) is 2. The summed E-state index contributed by atoms with van der Waals surface area (Å²) < 4.78 is 2.85. The number of halogens is 1. The van der Waals surface area contributed by atoms with Crippen molar-refractivity contribution >= 4 is 26.8 Å². The fourth-order valence-corrected chi connectivity index (χ4v) is 1.55. The average Bonchev–Trinajstić information content (AvgIpc) is 2.48. The molecular weight excluding hydrogens is 228 g/mol. The minimum Gasteiger partial charge on any atom is -0.260 e. The second-order valence-corrected chi connectivity index (χ2v) is 4.00. The van der Waals surface area contributed by atoms with Gasteiger partial charge in [0.1, 0.15) is 0 Å². The van der Waals surface area contributed by atoms with Crippen molar-refractivity contribution in [2.75, 3.05) is 0 Å². The van der Waals surface area contributed by atoms with E-state index in [0.717, 1.165) is 15.4 Å². The number of para-hydroxylation sites is 1. The lowest BCUT2D eigenvalue weighted by Crippen LogP contribution is -1.98. The van der Waals surface area contributed by atoms with E-state index in [1.807, 2.05) is 23.0 Å². The molecule has 0 bridgehead atoms. The Morgan fingerprint density at radius 2 is 2.23 bits per heavy atom. The molecule has 66 valence electrons. The number of benzene rings is 1. The number of rotatable bonds is 2. The summed E-state index contributed by atoms with van der Waals surface area (Å²) in [7, 11) is 0. The van der Waals surface area contributed by atoms with E-state index in [4.69, 9.17) is 0 Å². The Morgan fingerprint density at radius 1 is 1.46 bits per heavy atom. The molecular formula is C10H9BrN2. The Kier molecular flexibility index (Phi) is 2.19. The zero-order chi connectivity index (χ0) is 9.26. The average molecular weight is 237 g/mol. The molecule has 2 rings (SSSR count). The van der Waals surface area contributed by atoms with Gasteiger partial charge in [0.05, 0.1) is 18.3 Å². The van der Waals surface area contributed by atoms with Crippen LogP contribution < -0.4 is 0 Å². The zero-order valence-electron chi connectivity index (χ0n) is 7.07. The van der Waals surface area contributed by atoms with Crippen molar-refractivity contribution in [1.82, 2.24) is 9.78 Å². The number of hydrogen-bond acceptors (Lipinski definition) is 1. The van der Waals surface area contributed by atoms with Crippen molar-refractivity contribution < 1.29 is 0 Å². The summed E-state index contributed by atoms with van der Waals surface area (Å²) >= 11 is 3.33. The molecule has 0 atom stereocenters. The van der Waals surface area contributed by atoms with Gasteiger partial charge in [0.25, 0.3) is 0 Å². The lowest BCUT2D eigenvalue weighted by molar-refractivity contribution is 0.724. The van der Waals surface area contributed by atoms with Gasteiger partial charge in [0.15, 0.2) is 0 Å². The molecule has 0 aliphatic carbocycles. The molecule has 0 saturated carbocycles. The van der Waals surface area contributed by atoms with Gasteiger partial charge in [-0.3, -0.25) is 4.68 Å². The van der Waals surface area contributed by atoms with E-state index in [2.05, 4.69) is 39.7 Å². The molecule has 1 aromatic heterocycles. The first-order chi connectivity index (χ1) is 6.27. The normalized spacial score (nSPS) is 10.5. The first-order valence-corrected chi connectivity index (χ1v) is 4.80. The van der Waals surface area contributed by atoms with Crippen molar-refractivity contribution in [2.45, 2.75) is 6.54 Å². The molecule has 0 aliphatic heterocycles. The first kappa shape index (κ1) is 8.51. The standard InChI is InChI=1S/C10H9BrN2/c1-8(11)7-13-10-5-3-2-4-9(10)6-12-13/h2-6H,1,7H2. The van der Waals surface area contributed by atoms with Crippen LogP contribution in [0.3, 0.4) is 0 Å². The van der Waals surface area contributed by atoms with E-state index in [9.17, 15) is 0 Å². The van der Waals surface area contributed by atoms with Gasteiger partial charge >= 0.3 is 0 Å². The number of fused-ring (bicyclic) bond motifs is 1. The zero-order valence-corrected chi connectivity index (χ0v) is 8.66. The third kappa shape index (κ3) is 1.65. The molecule has 0 fully saturated rings. The Morgan fingerprint density at radius 3 is 3.00 bits per heavy atom. The lowest BCUT2D eigenvalue weighted by atomic mass is 10.3. The van der Waals surface area contributed by atoms with Gasteiger partial charge in [-0.05, 0) is 6.07 Å². The van der Waals surface area contributed by atoms with E-state index in [0.29, 0.717) is 6.54 Å². The van der Waals surface area contributed by atoms with Crippen molar-refractivity contribution in [3.8, 4) is 0 Å². The van der Waals surface area contributed by atoms with Crippen molar-refractivity contribution in [3.63, 3.8) is 0 Å². The minimum atomic E-state index is 0.716. The second-order valence-electron chi connectivity index (χ2n) is 2.88. The van der Waals surface area contributed by atoms with E-state index >= 15 is 0 Å². The maximum absolute atomic E-state index is 4.26. The van der Waals surface area contributed by atoms with Gasteiger partial charge in [-0.15, -0.1) is 0 Å². The first-order valence-electron chi connectivity index (χ1n) is 4.01. The molecule has 0 unspecified atom stereocenters. The predicted molar refractivity (Wildman–Crippen MR) is 57.8 cm³/mol. The fourth-order valence-electron chi connectivity index (χ4n) is 1.31. The molecule has 3 heteroatoms. The van der Waals surface area contributed by atoms with E-state index in [-0.39, 0.29) is 0 Å². The van der Waals surface area contributed by atoms with E-state index in [1.54, 1.807) is 0 Å². The maximum atomic E-state index is 4.26. The molecule has 1 heterocycles. The van der Waals surface area contributed by atoms with Gasteiger partial charge in [-0.25, -0.2) is 0 Å². The number of hydrogen-bond donors (Lipinski definition) is 0. The largest absolute Gasteiger partial charge is 0.260 e. The molecule has 0 N–H and O–H groups in total.